The molecule has 2 rings (SSSR count). The normalized spacial score (nSPS) is 17.8. The van der Waals surface area contributed by atoms with Gasteiger partial charge in [0.1, 0.15) is 0 Å². The van der Waals surface area contributed by atoms with Gasteiger partial charge in [0.2, 0.25) is 5.91 Å². The summed E-state index contributed by atoms with van der Waals surface area (Å²) in [5.74, 6) is -0.00120. The number of aliphatic hydroxyl groups is 1. The van der Waals surface area contributed by atoms with E-state index in [-0.39, 0.29) is 18.4 Å². The van der Waals surface area contributed by atoms with Crippen LogP contribution in [0, 0.1) is 6.92 Å². The number of piperazine rings is 1. The summed E-state index contributed by atoms with van der Waals surface area (Å²) >= 11 is 0. The van der Waals surface area contributed by atoms with Crippen LogP contribution in [0.2, 0.25) is 0 Å². The highest BCUT2D eigenvalue weighted by Crippen LogP contribution is 2.22. The van der Waals surface area contributed by atoms with Crippen molar-refractivity contribution < 1.29 is 14.7 Å². The lowest BCUT2D eigenvalue weighted by molar-refractivity contribution is -0.133. The number of benzene rings is 1. The second-order valence-electron chi connectivity index (χ2n) is 6.65. The first kappa shape index (κ1) is 19.2. The number of hydrogen-bond acceptors (Lipinski definition) is 4. The third kappa shape index (κ3) is 5.72. The molecule has 0 aromatic heterocycles. The molecule has 3 amide bonds. The van der Waals surface area contributed by atoms with Gasteiger partial charge in [0.25, 0.3) is 0 Å². The number of aliphatic hydroxyl groups excluding tert-OH is 1. The van der Waals surface area contributed by atoms with Gasteiger partial charge < -0.3 is 21.1 Å². The highest BCUT2D eigenvalue weighted by Gasteiger charge is 2.25. The van der Waals surface area contributed by atoms with Crippen molar-refractivity contribution in [2.75, 3.05) is 32.7 Å². The van der Waals surface area contributed by atoms with Crippen molar-refractivity contribution in [3.63, 3.8) is 0 Å². The van der Waals surface area contributed by atoms with Crippen LogP contribution in [0.4, 0.5) is 4.79 Å². The van der Waals surface area contributed by atoms with Crippen LogP contribution in [0.5, 0.6) is 0 Å². The summed E-state index contributed by atoms with van der Waals surface area (Å²) in [4.78, 5) is 28.0. The molecule has 1 aromatic carbocycles. The minimum atomic E-state index is -0.636. The molecular formula is C18H28N4O3. The number of amides is 3. The first-order valence-electron chi connectivity index (χ1n) is 8.66. The van der Waals surface area contributed by atoms with E-state index in [1.165, 1.54) is 0 Å². The van der Waals surface area contributed by atoms with Crippen LogP contribution in [0.25, 0.3) is 0 Å². The quantitative estimate of drug-likeness (QED) is 0.702. The molecule has 0 bridgehead atoms. The number of nitrogens with zero attached hydrogens (tertiary/aromatic N) is 2. The second kappa shape index (κ2) is 8.82. The minimum Gasteiger partial charge on any atom is -0.392 e. The van der Waals surface area contributed by atoms with Crippen molar-refractivity contribution in [3.05, 3.63) is 35.4 Å². The molecular weight excluding hydrogens is 320 g/mol. The number of nitrogens with two attached hydrogens (primary N) is 1. The summed E-state index contributed by atoms with van der Waals surface area (Å²) in [7, 11) is 0. The van der Waals surface area contributed by atoms with Crippen LogP contribution < -0.4 is 11.1 Å². The lowest BCUT2D eigenvalue weighted by atomic mass is 9.98. The summed E-state index contributed by atoms with van der Waals surface area (Å²) in [6.07, 6.45) is -0.183. The predicted octanol–water partition coefficient (Wildman–Crippen LogP) is 0.620. The molecule has 1 aliphatic rings. The number of primary amides is 1. The fourth-order valence-electron chi connectivity index (χ4n) is 3.25. The predicted molar refractivity (Wildman–Crippen MR) is 96.0 cm³/mol. The Morgan fingerprint density at radius 3 is 2.44 bits per heavy atom. The van der Waals surface area contributed by atoms with Crippen molar-refractivity contribution in [1.82, 2.24) is 15.1 Å². The van der Waals surface area contributed by atoms with Gasteiger partial charge >= 0.3 is 6.03 Å². The smallest absolute Gasteiger partial charge is 0.312 e. The largest absolute Gasteiger partial charge is 0.392 e. The molecule has 1 heterocycles. The van der Waals surface area contributed by atoms with Crippen LogP contribution in [0.1, 0.15) is 30.5 Å². The van der Waals surface area contributed by atoms with Crippen LogP contribution in [-0.4, -0.2) is 65.7 Å². The van der Waals surface area contributed by atoms with E-state index in [0.29, 0.717) is 19.6 Å². The Balaban J connectivity index is 1.98. The molecule has 0 spiro atoms. The Morgan fingerprint density at radius 2 is 1.88 bits per heavy atom. The summed E-state index contributed by atoms with van der Waals surface area (Å²) in [6.45, 7) is 7.08. The summed E-state index contributed by atoms with van der Waals surface area (Å²) < 4.78 is 0. The third-order valence-corrected chi connectivity index (χ3v) is 4.51. The standard InChI is InChI=1S/C18H28N4O3/c1-13-5-3-4-6-15(13)16(20-18(19)25)11-17(24)22-9-7-21(8-10-22)12-14(2)23/h3-6,14,16,23H,7-12H2,1-2H3,(H3,19,20,25). The Bertz CT molecular complexity index is 598. The van der Waals surface area contributed by atoms with E-state index in [9.17, 15) is 14.7 Å². The molecule has 4 N–H and O–H groups in total. The Labute approximate surface area is 148 Å². The van der Waals surface area contributed by atoms with Gasteiger partial charge in [0.15, 0.2) is 0 Å². The highest BCUT2D eigenvalue weighted by molar-refractivity contribution is 5.79. The van der Waals surface area contributed by atoms with Crippen LogP contribution >= 0.6 is 0 Å². The molecule has 1 saturated heterocycles. The average molecular weight is 348 g/mol. The zero-order valence-electron chi connectivity index (χ0n) is 14.9. The maximum atomic E-state index is 12.7. The zero-order chi connectivity index (χ0) is 18.4. The Hall–Kier alpha value is -2.12. The summed E-state index contributed by atoms with van der Waals surface area (Å²) in [5.41, 5.74) is 7.21. The van der Waals surface area contributed by atoms with Crippen molar-refractivity contribution in [1.29, 1.82) is 0 Å². The summed E-state index contributed by atoms with van der Waals surface area (Å²) in [5, 5.41) is 12.2. The number of β-amino-alcohol motifs (C(OH)–C–C–N with tert-alkyl or cyclic N) is 1. The molecule has 7 nitrogen and oxygen atoms in total. The van der Waals surface area contributed by atoms with E-state index in [2.05, 4.69) is 10.2 Å². The van der Waals surface area contributed by atoms with Gasteiger partial charge in [-0.3, -0.25) is 9.69 Å². The van der Waals surface area contributed by atoms with Gasteiger partial charge in [-0.15, -0.1) is 0 Å². The molecule has 2 unspecified atom stereocenters. The number of rotatable bonds is 6. The molecule has 2 atom stereocenters. The fraction of sp³-hybridized carbons (Fsp3) is 0.556. The first-order valence-corrected chi connectivity index (χ1v) is 8.66. The van der Waals surface area contributed by atoms with Gasteiger partial charge in [-0.25, -0.2) is 4.79 Å². The number of nitrogens with one attached hydrogen (secondary N) is 1. The zero-order valence-corrected chi connectivity index (χ0v) is 14.9. The molecule has 0 saturated carbocycles. The minimum absolute atomic E-state index is 0.00120. The van der Waals surface area contributed by atoms with E-state index < -0.39 is 12.1 Å². The van der Waals surface area contributed by atoms with Gasteiger partial charge in [0.05, 0.1) is 18.6 Å². The van der Waals surface area contributed by atoms with Gasteiger partial charge in [-0.05, 0) is 25.0 Å². The van der Waals surface area contributed by atoms with E-state index >= 15 is 0 Å². The van der Waals surface area contributed by atoms with Crippen molar-refractivity contribution >= 4 is 11.9 Å². The number of carbonyl (C=O) groups is 2. The Kier molecular flexibility index (Phi) is 6.78. The maximum absolute atomic E-state index is 12.7. The second-order valence-corrected chi connectivity index (χ2v) is 6.65. The van der Waals surface area contributed by atoms with E-state index in [1.807, 2.05) is 36.1 Å². The Morgan fingerprint density at radius 1 is 1.24 bits per heavy atom. The number of hydrogen-bond donors (Lipinski definition) is 3. The fourth-order valence-corrected chi connectivity index (χ4v) is 3.25. The number of carbonyl (C=O) groups excluding carboxylic acids is 2. The van der Waals surface area contributed by atoms with E-state index in [4.69, 9.17) is 5.73 Å². The first-order chi connectivity index (χ1) is 11.9. The summed E-state index contributed by atoms with van der Waals surface area (Å²) in [6, 6.07) is 6.60. The topological polar surface area (TPSA) is 98.9 Å². The molecule has 1 aromatic rings. The van der Waals surface area contributed by atoms with E-state index in [1.54, 1.807) is 6.92 Å². The molecule has 1 fully saturated rings. The molecule has 1 aliphatic heterocycles. The lowest BCUT2D eigenvalue weighted by Crippen LogP contribution is -2.50. The van der Waals surface area contributed by atoms with Gasteiger partial charge in [-0.2, -0.15) is 0 Å². The third-order valence-electron chi connectivity index (χ3n) is 4.51. The van der Waals surface area contributed by atoms with Crippen LogP contribution in [-0.2, 0) is 4.79 Å². The molecule has 0 aliphatic carbocycles. The van der Waals surface area contributed by atoms with E-state index in [0.717, 1.165) is 24.2 Å². The van der Waals surface area contributed by atoms with Crippen molar-refractivity contribution in [3.8, 4) is 0 Å². The highest BCUT2D eigenvalue weighted by atomic mass is 16.3. The van der Waals surface area contributed by atoms with Gasteiger partial charge in [0, 0.05) is 32.7 Å². The van der Waals surface area contributed by atoms with Crippen LogP contribution in [0.15, 0.2) is 24.3 Å². The van der Waals surface area contributed by atoms with Crippen molar-refractivity contribution in [2.24, 2.45) is 5.73 Å². The van der Waals surface area contributed by atoms with Crippen LogP contribution in [0.3, 0.4) is 0 Å². The SMILES string of the molecule is Cc1ccccc1C(CC(=O)N1CCN(CC(C)O)CC1)NC(N)=O. The number of aryl methyl sites for hydroxylation is 1. The van der Waals surface area contributed by atoms with Crippen molar-refractivity contribution in [2.45, 2.75) is 32.4 Å². The molecule has 0 radical (unpaired) electrons. The molecule has 138 valence electrons. The average Bonchev–Trinajstić information content (AvgIpc) is 2.54. The molecule has 7 heteroatoms. The molecule has 25 heavy (non-hydrogen) atoms. The lowest BCUT2D eigenvalue weighted by Gasteiger charge is -2.36. The van der Waals surface area contributed by atoms with Gasteiger partial charge in [-0.1, -0.05) is 24.3 Å². The number of urea groups is 1. The maximum Gasteiger partial charge on any atom is 0.312 e. The monoisotopic (exact) mass is 348 g/mol.